The molecular formula is C17H14FNO2. The Morgan fingerprint density at radius 3 is 1.95 bits per heavy atom. The van der Waals surface area contributed by atoms with Crippen molar-refractivity contribution in [1.29, 1.82) is 0 Å². The van der Waals surface area contributed by atoms with Crippen LogP contribution in [0.4, 0.5) is 10.1 Å². The number of allylic oxidation sites excluding steroid dienone is 2. The quantitative estimate of drug-likeness (QED) is 0.586. The van der Waals surface area contributed by atoms with Gasteiger partial charge < -0.3 is 0 Å². The topological polar surface area (TPSA) is 37.4 Å². The highest BCUT2D eigenvalue weighted by molar-refractivity contribution is 6.23. The molecular weight excluding hydrogens is 269 g/mol. The molecule has 21 heavy (non-hydrogen) atoms. The molecule has 4 aliphatic rings. The first-order valence-corrected chi connectivity index (χ1v) is 7.45. The molecule has 2 saturated carbocycles. The number of hydrogen-bond donors (Lipinski definition) is 0. The van der Waals surface area contributed by atoms with Crippen LogP contribution in [0.15, 0.2) is 36.4 Å². The van der Waals surface area contributed by atoms with Gasteiger partial charge in [-0.15, -0.1) is 0 Å². The first kappa shape index (κ1) is 11.7. The third-order valence-corrected chi connectivity index (χ3v) is 5.94. The molecule has 1 aromatic carbocycles. The minimum atomic E-state index is -0.364. The zero-order valence-corrected chi connectivity index (χ0v) is 11.3. The van der Waals surface area contributed by atoms with Crippen molar-refractivity contribution in [2.45, 2.75) is 12.8 Å². The summed E-state index contributed by atoms with van der Waals surface area (Å²) in [6, 6.07) is 5.60. The maximum Gasteiger partial charge on any atom is 0.238 e. The van der Waals surface area contributed by atoms with Gasteiger partial charge in [-0.3, -0.25) is 14.5 Å². The molecule has 5 rings (SSSR count). The van der Waals surface area contributed by atoms with Crippen molar-refractivity contribution >= 4 is 17.5 Å². The second-order valence-corrected chi connectivity index (χ2v) is 6.71. The molecule has 1 spiro atoms. The lowest BCUT2D eigenvalue weighted by atomic mass is 9.85. The second kappa shape index (κ2) is 3.43. The number of amides is 2. The number of benzene rings is 1. The Morgan fingerprint density at radius 2 is 1.48 bits per heavy atom. The summed E-state index contributed by atoms with van der Waals surface area (Å²) >= 11 is 0. The molecule has 2 amide bonds. The fourth-order valence-electron chi connectivity index (χ4n) is 4.92. The van der Waals surface area contributed by atoms with Crippen molar-refractivity contribution in [1.82, 2.24) is 0 Å². The highest BCUT2D eigenvalue weighted by Gasteiger charge is 2.73. The summed E-state index contributed by atoms with van der Waals surface area (Å²) in [7, 11) is 0. The Kier molecular flexibility index (Phi) is 1.91. The molecule has 0 N–H and O–H groups in total. The van der Waals surface area contributed by atoms with Crippen molar-refractivity contribution in [2.75, 3.05) is 4.90 Å². The number of imide groups is 1. The first-order valence-electron chi connectivity index (χ1n) is 7.45. The summed E-state index contributed by atoms with van der Waals surface area (Å²) < 4.78 is 13.0. The highest BCUT2D eigenvalue weighted by Crippen LogP contribution is 2.73. The number of nitrogens with zero attached hydrogens (tertiary/aromatic N) is 1. The van der Waals surface area contributed by atoms with E-state index in [4.69, 9.17) is 0 Å². The number of carbonyl (C=O) groups excluding carboxylic acids is 2. The Balaban J connectivity index is 1.57. The van der Waals surface area contributed by atoms with Crippen LogP contribution in [-0.4, -0.2) is 11.8 Å². The molecule has 0 unspecified atom stereocenters. The molecule has 1 heterocycles. The minimum Gasteiger partial charge on any atom is -0.274 e. The molecule has 1 saturated heterocycles. The number of anilines is 1. The maximum absolute atomic E-state index is 13.0. The third kappa shape index (κ3) is 1.20. The van der Waals surface area contributed by atoms with Crippen LogP contribution in [0, 0.1) is 34.9 Å². The van der Waals surface area contributed by atoms with Gasteiger partial charge in [0.15, 0.2) is 0 Å². The van der Waals surface area contributed by atoms with Gasteiger partial charge >= 0.3 is 0 Å². The number of rotatable bonds is 1. The van der Waals surface area contributed by atoms with Gasteiger partial charge in [0.05, 0.1) is 17.5 Å². The van der Waals surface area contributed by atoms with Crippen LogP contribution >= 0.6 is 0 Å². The van der Waals surface area contributed by atoms with Crippen LogP contribution in [0.3, 0.4) is 0 Å². The highest BCUT2D eigenvalue weighted by atomic mass is 19.1. The maximum atomic E-state index is 13.0. The van der Waals surface area contributed by atoms with Crippen molar-refractivity contribution in [3.05, 3.63) is 42.2 Å². The van der Waals surface area contributed by atoms with Crippen molar-refractivity contribution in [2.24, 2.45) is 29.1 Å². The molecule has 1 aromatic rings. The summed E-state index contributed by atoms with van der Waals surface area (Å²) in [4.78, 5) is 26.8. The fraction of sp³-hybridized carbons (Fsp3) is 0.412. The Bertz CT molecular complexity index is 670. The molecule has 1 aliphatic heterocycles. The SMILES string of the molecule is O=C1[C@@H]2[C@H](C(=O)N1c1ccc(F)cc1)[C@@H]1C=C[C@@H]2C12CC2. The summed E-state index contributed by atoms with van der Waals surface area (Å²) in [6.45, 7) is 0. The molecule has 3 aliphatic carbocycles. The van der Waals surface area contributed by atoms with Crippen LogP contribution in [0.2, 0.25) is 0 Å². The number of hydrogen-bond acceptors (Lipinski definition) is 2. The van der Waals surface area contributed by atoms with Gasteiger partial charge in [-0.25, -0.2) is 4.39 Å². The van der Waals surface area contributed by atoms with Gasteiger partial charge in [0.2, 0.25) is 11.8 Å². The second-order valence-electron chi connectivity index (χ2n) is 6.71. The molecule has 4 heteroatoms. The van der Waals surface area contributed by atoms with Crippen molar-refractivity contribution in [3.8, 4) is 0 Å². The molecule has 106 valence electrons. The standard InChI is InChI=1S/C17H14FNO2/c18-9-1-3-10(4-2-9)19-15(20)13-11-5-6-12(14(13)16(19)21)17(11)7-8-17/h1-6,11-14H,7-8H2/t11-,12-,13-,14+/m0/s1. The van der Waals surface area contributed by atoms with Gasteiger partial charge in [-0.1, -0.05) is 12.2 Å². The molecule has 0 radical (unpaired) electrons. The summed E-state index contributed by atoms with van der Waals surface area (Å²) in [5.74, 6) is -0.486. The molecule has 3 fully saturated rings. The predicted molar refractivity (Wildman–Crippen MR) is 73.7 cm³/mol. The molecule has 4 atom stereocenters. The molecule has 2 bridgehead atoms. The smallest absolute Gasteiger partial charge is 0.238 e. The third-order valence-electron chi connectivity index (χ3n) is 5.94. The normalized spacial score (nSPS) is 37.7. The van der Waals surface area contributed by atoms with E-state index in [2.05, 4.69) is 12.2 Å². The Labute approximate surface area is 121 Å². The van der Waals surface area contributed by atoms with Crippen LogP contribution in [0.25, 0.3) is 0 Å². The number of fused-ring (bicyclic) bond motifs is 3. The Morgan fingerprint density at radius 1 is 0.952 bits per heavy atom. The van der Waals surface area contributed by atoms with Gasteiger partial charge in [0.25, 0.3) is 0 Å². The summed E-state index contributed by atoms with van der Waals surface area (Å²) in [5, 5.41) is 0. The van der Waals surface area contributed by atoms with E-state index in [-0.39, 0.29) is 46.7 Å². The van der Waals surface area contributed by atoms with E-state index in [0.29, 0.717) is 5.69 Å². The van der Waals surface area contributed by atoms with E-state index in [0.717, 1.165) is 12.8 Å². The van der Waals surface area contributed by atoms with Crippen LogP contribution in [-0.2, 0) is 9.59 Å². The first-order chi connectivity index (χ1) is 10.1. The average molecular weight is 283 g/mol. The molecule has 3 nitrogen and oxygen atoms in total. The van der Waals surface area contributed by atoms with E-state index in [1.807, 2.05) is 0 Å². The van der Waals surface area contributed by atoms with E-state index in [9.17, 15) is 14.0 Å². The van der Waals surface area contributed by atoms with E-state index in [1.165, 1.54) is 29.2 Å². The number of carbonyl (C=O) groups is 2. The van der Waals surface area contributed by atoms with Gasteiger partial charge in [-0.05, 0) is 54.4 Å². The van der Waals surface area contributed by atoms with E-state index >= 15 is 0 Å². The summed E-state index contributed by atoms with van der Waals surface area (Å²) in [5.41, 5.74) is 0.709. The summed E-state index contributed by atoms with van der Waals surface area (Å²) in [6.07, 6.45) is 6.58. The minimum absolute atomic E-state index is 0.0975. The van der Waals surface area contributed by atoms with Gasteiger partial charge in [-0.2, -0.15) is 0 Å². The van der Waals surface area contributed by atoms with Crippen molar-refractivity contribution in [3.63, 3.8) is 0 Å². The van der Waals surface area contributed by atoms with Gasteiger partial charge in [0.1, 0.15) is 5.82 Å². The van der Waals surface area contributed by atoms with Crippen LogP contribution in [0.5, 0.6) is 0 Å². The van der Waals surface area contributed by atoms with Crippen molar-refractivity contribution < 1.29 is 14.0 Å². The lowest BCUT2D eigenvalue weighted by Crippen LogP contribution is -2.34. The average Bonchev–Trinajstić information content (AvgIpc) is 3.07. The molecule has 0 aromatic heterocycles. The fourth-order valence-corrected chi connectivity index (χ4v) is 4.92. The largest absolute Gasteiger partial charge is 0.274 e. The lowest BCUT2D eigenvalue weighted by Gasteiger charge is -2.21. The number of halogens is 1. The van der Waals surface area contributed by atoms with Crippen LogP contribution < -0.4 is 4.90 Å². The lowest BCUT2D eigenvalue weighted by molar-refractivity contribution is -0.123. The predicted octanol–water partition coefficient (Wildman–Crippen LogP) is 2.53. The van der Waals surface area contributed by atoms with Crippen LogP contribution in [0.1, 0.15) is 12.8 Å². The van der Waals surface area contributed by atoms with Gasteiger partial charge in [0, 0.05) is 0 Å². The zero-order valence-electron chi connectivity index (χ0n) is 11.3. The van der Waals surface area contributed by atoms with E-state index in [1.54, 1.807) is 0 Å². The Hall–Kier alpha value is -1.97. The van der Waals surface area contributed by atoms with E-state index < -0.39 is 0 Å². The monoisotopic (exact) mass is 283 g/mol. The zero-order chi connectivity index (χ0) is 14.4.